The van der Waals surface area contributed by atoms with Crippen LogP contribution in [0.15, 0.2) is 29.4 Å². The number of likely N-dealkylation sites (N-methyl/N-ethyl adjacent to an activating group) is 1. The van der Waals surface area contributed by atoms with E-state index in [1.54, 1.807) is 32.9 Å². The van der Waals surface area contributed by atoms with Crippen LogP contribution in [0.1, 0.15) is 85.5 Å². The molecule has 1 aliphatic heterocycles. The Morgan fingerprint density at radius 2 is 1.89 bits per heavy atom. The summed E-state index contributed by atoms with van der Waals surface area (Å²) in [5.41, 5.74) is -1.94. The number of carboxylic acids is 1. The van der Waals surface area contributed by atoms with Gasteiger partial charge >= 0.3 is 12.1 Å². The summed E-state index contributed by atoms with van der Waals surface area (Å²) in [5.74, 6) is -2.18. The number of aromatic nitrogens is 1. The third-order valence-corrected chi connectivity index (χ3v) is 10.4. The molecule has 0 bridgehead atoms. The fourth-order valence-corrected chi connectivity index (χ4v) is 6.78. The van der Waals surface area contributed by atoms with E-state index in [1.165, 1.54) is 24.2 Å². The van der Waals surface area contributed by atoms with Crippen LogP contribution in [0.3, 0.4) is 0 Å². The zero-order valence-electron chi connectivity index (χ0n) is 27.1. The van der Waals surface area contributed by atoms with Crippen LogP contribution < -0.4 is 10.6 Å². The summed E-state index contributed by atoms with van der Waals surface area (Å²) in [6, 6.07) is 3.72. The molecule has 1 aliphatic carbocycles. The second-order valence-electron chi connectivity index (χ2n) is 13.2. The first kappa shape index (κ1) is 36.2. The number of pyridine rings is 1. The van der Waals surface area contributed by atoms with E-state index in [-0.39, 0.29) is 17.5 Å². The summed E-state index contributed by atoms with van der Waals surface area (Å²) < 4.78 is 32.5. The smallest absolute Gasteiger partial charge is 0.407 e. The van der Waals surface area contributed by atoms with Crippen molar-refractivity contribution >= 4 is 33.9 Å². The van der Waals surface area contributed by atoms with Crippen LogP contribution in [0.25, 0.3) is 0 Å². The van der Waals surface area contributed by atoms with Crippen molar-refractivity contribution in [1.29, 1.82) is 0 Å². The van der Waals surface area contributed by atoms with Crippen LogP contribution in [0.5, 0.6) is 0 Å². The lowest BCUT2D eigenvalue weighted by Crippen LogP contribution is -2.54. The predicted octanol–water partition coefficient (Wildman–Crippen LogP) is 3.15. The topological polar surface area (TPSA) is 175 Å². The average Bonchev–Trinajstić information content (AvgIpc) is 3.45. The molecule has 1 aromatic rings. The van der Waals surface area contributed by atoms with E-state index in [4.69, 9.17) is 4.74 Å². The molecule has 2 fully saturated rings. The summed E-state index contributed by atoms with van der Waals surface area (Å²) in [4.78, 5) is 56.5. The van der Waals surface area contributed by atoms with Crippen molar-refractivity contribution in [3.8, 4) is 0 Å². The molecule has 13 nitrogen and oxygen atoms in total. The second-order valence-corrected chi connectivity index (χ2v) is 15.2. The van der Waals surface area contributed by atoms with E-state index in [0.29, 0.717) is 25.8 Å². The molecule has 1 saturated carbocycles. The van der Waals surface area contributed by atoms with Crippen LogP contribution in [-0.4, -0.2) is 96.0 Å². The largest absolute Gasteiger partial charge is 0.479 e. The summed E-state index contributed by atoms with van der Waals surface area (Å²) >= 11 is 0. The van der Waals surface area contributed by atoms with Gasteiger partial charge in [0.25, 0.3) is 10.0 Å². The minimum Gasteiger partial charge on any atom is -0.479 e. The number of alkyl carbamates (subject to hydrolysis) is 1. The first-order chi connectivity index (χ1) is 21.1. The molecule has 3 N–H and O–H groups in total. The Labute approximate surface area is 266 Å². The minimum atomic E-state index is -3.93. The van der Waals surface area contributed by atoms with Crippen molar-refractivity contribution in [3.63, 3.8) is 0 Å². The zero-order valence-corrected chi connectivity index (χ0v) is 27.9. The van der Waals surface area contributed by atoms with Crippen molar-refractivity contribution in [3.05, 3.63) is 24.4 Å². The number of hydrogen-bond acceptors (Lipinski definition) is 8. The maximum atomic E-state index is 13.2. The van der Waals surface area contributed by atoms with Crippen molar-refractivity contribution in [1.82, 2.24) is 24.8 Å². The molecule has 2 heterocycles. The normalized spacial score (nSPS) is 22.1. The monoisotopic (exact) mass is 651 g/mol. The van der Waals surface area contributed by atoms with Crippen LogP contribution >= 0.6 is 0 Å². The first-order valence-electron chi connectivity index (χ1n) is 15.8. The number of carboxylic acid groups (broad SMARTS) is 1. The van der Waals surface area contributed by atoms with E-state index in [2.05, 4.69) is 22.5 Å². The molecular formula is C31H49N5O8S. The molecule has 3 amide bonds. The van der Waals surface area contributed by atoms with Gasteiger partial charge in [-0.05, 0) is 43.7 Å². The Morgan fingerprint density at radius 1 is 1.18 bits per heavy atom. The van der Waals surface area contributed by atoms with E-state index in [1.807, 2.05) is 0 Å². The van der Waals surface area contributed by atoms with Crippen LogP contribution in [0, 0.1) is 11.3 Å². The molecule has 3 rings (SSSR count). The second kappa shape index (κ2) is 15.4. The van der Waals surface area contributed by atoms with Crippen LogP contribution in [0.4, 0.5) is 4.79 Å². The van der Waals surface area contributed by atoms with Gasteiger partial charge in [-0.3, -0.25) is 9.59 Å². The number of nitrogens with zero attached hydrogens (tertiary/aromatic N) is 3. The number of sulfonamides is 1. The molecular weight excluding hydrogens is 602 g/mol. The highest BCUT2D eigenvalue weighted by atomic mass is 32.2. The van der Waals surface area contributed by atoms with E-state index >= 15 is 0 Å². The molecule has 4 atom stereocenters. The highest BCUT2D eigenvalue weighted by Gasteiger charge is 2.61. The Bertz CT molecular complexity index is 1300. The van der Waals surface area contributed by atoms with Gasteiger partial charge in [-0.25, -0.2) is 23.0 Å². The van der Waals surface area contributed by atoms with Gasteiger partial charge in [-0.15, -0.1) is 0 Å². The predicted molar refractivity (Wildman–Crippen MR) is 167 cm³/mol. The molecule has 2 aliphatic rings. The lowest BCUT2D eigenvalue weighted by atomic mass is 9.89. The van der Waals surface area contributed by atoms with Crippen molar-refractivity contribution in [2.45, 2.75) is 108 Å². The maximum absolute atomic E-state index is 13.2. The number of carbonyl (C=O) groups excluding carboxylic acids is 3. The number of amides is 3. The van der Waals surface area contributed by atoms with Crippen LogP contribution in [0.2, 0.25) is 0 Å². The van der Waals surface area contributed by atoms with Crippen molar-refractivity contribution in [2.75, 3.05) is 26.7 Å². The van der Waals surface area contributed by atoms with Gasteiger partial charge in [0.2, 0.25) is 11.8 Å². The van der Waals surface area contributed by atoms with Gasteiger partial charge in [0.1, 0.15) is 24.2 Å². The molecule has 0 radical (unpaired) electrons. The summed E-state index contributed by atoms with van der Waals surface area (Å²) in [6.45, 7) is 7.24. The van der Waals surface area contributed by atoms with E-state index in [9.17, 15) is 32.7 Å². The summed E-state index contributed by atoms with van der Waals surface area (Å²) in [6.07, 6.45) is 7.00. The number of unbranched alkanes of at least 4 members (excludes halogenated alkanes) is 4. The summed E-state index contributed by atoms with van der Waals surface area (Å²) in [7, 11) is -2.56. The molecule has 45 heavy (non-hydrogen) atoms. The zero-order chi connectivity index (χ0) is 33.4. The van der Waals surface area contributed by atoms with Gasteiger partial charge in [-0.2, -0.15) is 4.31 Å². The third kappa shape index (κ3) is 9.38. The summed E-state index contributed by atoms with van der Waals surface area (Å²) in [5, 5.41) is 15.0. The highest BCUT2D eigenvalue weighted by Crippen LogP contribution is 2.47. The molecule has 0 spiro atoms. The van der Waals surface area contributed by atoms with Crippen LogP contribution in [-0.2, 0) is 29.1 Å². The minimum absolute atomic E-state index is 0.128. The van der Waals surface area contributed by atoms with Gasteiger partial charge in [0.15, 0.2) is 5.03 Å². The fourth-order valence-electron chi connectivity index (χ4n) is 5.68. The van der Waals surface area contributed by atoms with E-state index < -0.39 is 63.5 Å². The Balaban J connectivity index is 1.54. The third-order valence-electron chi connectivity index (χ3n) is 8.70. The van der Waals surface area contributed by atoms with Gasteiger partial charge < -0.3 is 25.4 Å². The number of ether oxygens (including phenoxy) is 1. The molecule has 252 valence electrons. The number of aliphatic carboxylic acids is 1. The Kier molecular flexibility index (Phi) is 12.4. The van der Waals surface area contributed by atoms with E-state index in [0.717, 1.165) is 42.8 Å². The molecule has 1 saturated heterocycles. The quantitative estimate of drug-likeness (QED) is 0.227. The number of hydrogen-bond donors (Lipinski definition) is 3. The number of nitrogens with one attached hydrogen (secondary N) is 2. The highest BCUT2D eigenvalue weighted by molar-refractivity contribution is 7.89. The number of likely N-dealkylation sites (tertiary alicyclic amines) is 1. The average molecular weight is 652 g/mol. The number of carbonyl (C=O) groups is 4. The lowest BCUT2D eigenvalue weighted by Gasteiger charge is -2.33. The van der Waals surface area contributed by atoms with Gasteiger partial charge in [0, 0.05) is 25.2 Å². The molecule has 1 aromatic heterocycles. The lowest BCUT2D eigenvalue weighted by molar-refractivity contribution is -0.145. The Hall–Kier alpha value is -3.26. The first-order valence-corrected chi connectivity index (χ1v) is 17.2. The van der Waals surface area contributed by atoms with Gasteiger partial charge in [0.05, 0.1) is 6.54 Å². The van der Waals surface area contributed by atoms with Gasteiger partial charge in [-0.1, -0.05) is 65.9 Å². The number of rotatable bonds is 16. The molecule has 14 heteroatoms. The fraction of sp³-hybridized carbons (Fsp3) is 0.710. The molecule has 0 aromatic carbocycles. The maximum Gasteiger partial charge on any atom is 0.407 e. The Morgan fingerprint density at radius 3 is 2.51 bits per heavy atom. The van der Waals surface area contributed by atoms with Crippen molar-refractivity contribution < 1.29 is 37.4 Å². The van der Waals surface area contributed by atoms with Crippen molar-refractivity contribution in [2.24, 2.45) is 11.3 Å². The SMILES string of the molecule is CCCCCCCC1C[C@]1(NC(=O)[C@@H]1CCCN1C(=O)CNC(=O)OC(CN(C)S(=O)(=O)c1ccccn1)C(C)(C)C)C(=O)O. The standard InChI is InChI=1S/C31H49N5O8S/c1-6-7-8-9-10-14-22-19-31(22,28(39)40)34-27(38)23-15-13-18-36(23)26(37)20-33-29(41)44-24(30(2,3)4)21-35(5)45(42,43)25-16-11-12-17-32-25/h11-12,16-17,22-24H,6-10,13-15,18-21H2,1-5H3,(H,33,41)(H,34,38)(H,39,40)/t22?,23-,24?,31+/m0/s1. The molecule has 2 unspecified atom stereocenters.